The number of alkyl carbamates (subject to hydrolysis) is 1. The Balaban J connectivity index is 1.53. The maximum absolute atomic E-state index is 13.9. The van der Waals surface area contributed by atoms with Crippen molar-refractivity contribution in [1.29, 1.82) is 0 Å². The Labute approximate surface area is 272 Å². The van der Waals surface area contributed by atoms with Gasteiger partial charge in [0, 0.05) is 25.7 Å². The Bertz CT molecular complexity index is 1520. The molecule has 1 heterocycles. The molecular formula is C37H47N3O6. The molecule has 1 aliphatic heterocycles. The molecule has 0 aromatic heterocycles. The molecule has 1 fully saturated rings. The molecule has 0 atom stereocenters. The number of nitrogens with zero attached hydrogens (tertiary/aromatic N) is 1. The zero-order valence-electron chi connectivity index (χ0n) is 28.1. The molecule has 0 bridgehead atoms. The minimum Gasteiger partial charge on any atom is -0.493 e. The van der Waals surface area contributed by atoms with E-state index in [1.165, 1.54) is 0 Å². The van der Waals surface area contributed by atoms with Crippen LogP contribution in [0.1, 0.15) is 87.6 Å². The van der Waals surface area contributed by atoms with E-state index >= 15 is 0 Å². The highest BCUT2D eigenvalue weighted by atomic mass is 16.6. The second-order valence-corrected chi connectivity index (χ2v) is 13.5. The lowest BCUT2D eigenvalue weighted by atomic mass is 10.0. The van der Waals surface area contributed by atoms with Gasteiger partial charge in [0.1, 0.15) is 17.0 Å². The van der Waals surface area contributed by atoms with Gasteiger partial charge in [-0.2, -0.15) is 0 Å². The molecule has 0 aliphatic carbocycles. The van der Waals surface area contributed by atoms with Crippen molar-refractivity contribution in [3.8, 4) is 16.9 Å². The lowest BCUT2D eigenvalue weighted by Gasteiger charge is -2.33. The predicted molar refractivity (Wildman–Crippen MR) is 180 cm³/mol. The fourth-order valence-corrected chi connectivity index (χ4v) is 5.26. The largest absolute Gasteiger partial charge is 0.493 e. The maximum Gasteiger partial charge on any atom is 0.407 e. The second-order valence-electron chi connectivity index (χ2n) is 13.5. The molecule has 0 saturated carbocycles. The highest BCUT2D eigenvalue weighted by Gasteiger charge is 2.26. The summed E-state index contributed by atoms with van der Waals surface area (Å²) in [6.07, 6.45) is 1.21. The summed E-state index contributed by atoms with van der Waals surface area (Å²) in [5.74, 6) is -0.451. The van der Waals surface area contributed by atoms with E-state index in [-0.39, 0.29) is 17.5 Å². The summed E-state index contributed by atoms with van der Waals surface area (Å²) in [6, 6.07) is 20.8. The van der Waals surface area contributed by atoms with Crippen LogP contribution >= 0.6 is 0 Å². The third kappa shape index (κ3) is 10.1. The van der Waals surface area contributed by atoms with E-state index in [2.05, 4.69) is 15.5 Å². The molecule has 9 nitrogen and oxygen atoms in total. The van der Waals surface area contributed by atoms with Gasteiger partial charge in [0.25, 0.3) is 5.91 Å². The molecule has 2 amide bonds. The zero-order chi connectivity index (χ0) is 33.5. The fourth-order valence-electron chi connectivity index (χ4n) is 5.26. The van der Waals surface area contributed by atoms with Crippen molar-refractivity contribution in [2.24, 2.45) is 0 Å². The highest BCUT2D eigenvalue weighted by molar-refractivity contribution is 6.10. The van der Waals surface area contributed by atoms with E-state index < -0.39 is 23.3 Å². The van der Waals surface area contributed by atoms with Crippen molar-refractivity contribution in [3.63, 3.8) is 0 Å². The van der Waals surface area contributed by atoms with Crippen molar-refractivity contribution < 1.29 is 28.6 Å². The number of nitrogens with one attached hydrogen (secondary N) is 2. The first-order chi connectivity index (χ1) is 21.7. The third-order valence-electron chi connectivity index (χ3n) is 7.30. The second kappa shape index (κ2) is 14.8. The van der Waals surface area contributed by atoms with Crippen LogP contribution in [-0.4, -0.2) is 59.8 Å². The number of rotatable bonds is 9. The highest BCUT2D eigenvalue weighted by Crippen LogP contribution is 2.30. The molecule has 9 heteroatoms. The first kappa shape index (κ1) is 34.5. The topological polar surface area (TPSA) is 106 Å². The van der Waals surface area contributed by atoms with Crippen LogP contribution < -0.4 is 15.4 Å². The number of carbonyl (C=O) groups is 3. The normalized spacial score (nSPS) is 14.3. The van der Waals surface area contributed by atoms with Crippen LogP contribution in [0.25, 0.3) is 11.1 Å². The quantitative estimate of drug-likeness (QED) is 0.237. The zero-order valence-corrected chi connectivity index (χ0v) is 28.1. The van der Waals surface area contributed by atoms with Gasteiger partial charge in [-0.15, -0.1) is 0 Å². The number of carbonyl (C=O) groups excluding carboxylic acids is 3. The Kier molecular flexibility index (Phi) is 11.1. The molecular weight excluding hydrogens is 582 g/mol. The molecule has 0 unspecified atom stereocenters. The average Bonchev–Trinajstić information content (AvgIpc) is 2.97. The molecule has 3 aromatic rings. The van der Waals surface area contributed by atoms with E-state index in [1.54, 1.807) is 32.9 Å². The van der Waals surface area contributed by atoms with Crippen LogP contribution in [-0.2, 0) is 16.0 Å². The fraction of sp³-hybridized carbons (Fsp3) is 0.432. The van der Waals surface area contributed by atoms with Crippen LogP contribution in [0.3, 0.4) is 0 Å². The lowest BCUT2D eigenvalue weighted by Crippen LogP contribution is -2.45. The number of amides is 2. The maximum atomic E-state index is 13.9. The number of esters is 1. The van der Waals surface area contributed by atoms with Gasteiger partial charge in [-0.05, 0) is 102 Å². The molecule has 0 spiro atoms. The molecule has 4 rings (SSSR count). The van der Waals surface area contributed by atoms with Gasteiger partial charge in [0.15, 0.2) is 0 Å². The first-order valence-corrected chi connectivity index (χ1v) is 15.9. The molecule has 0 radical (unpaired) electrons. The average molecular weight is 630 g/mol. The molecule has 1 aliphatic rings. The summed E-state index contributed by atoms with van der Waals surface area (Å²) in [5, 5.41) is 5.97. The summed E-state index contributed by atoms with van der Waals surface area (Å²) in [4.78, 5) is 41.6. The summed E-state index contributed by atoms with van der Waals surface area (Å²) >= 11 is 0. The summed E-state index contributed by atoms with van der Waals surface area (Å²) in [5.41, 5.74) is 2.52. The Morgan fingerprint density at radius 1 is 0.804 bits per heavy atom. The van der Waals surface area contributed by atoms with Crippen LogP contribution in [0, 0.1) is 0 Å². The lowest BCUT2D eigenvalue weighted by molar-refractivity contribution is 0.00704. The van der Waals surface area contributed by atoms with Crippen LogP contribution in [0.4, 0.5) is 10.5 Å². The van der Waals surface area contributed by atoms with E-state index in [9.17, 15) is 14.4 Å². The van der Waals surface area contributed by atoms with Crippen LogP contribution in [0.5, 0.6) is 5.75 Å². The number of likely N-dealkylation sites (tertiary alicyclic amines) is 1. The summed E-state index contributed by atoms with van der Waals surface area (Å²) in [6.45, 7) is 15.5. The standard InChI is InChI=1S/C37H47N3O6/c1-8-44-32-17-14-25(24-40-20-18-28(19-21-40)38-35(43)46-37(5,6)7)22-30(32)33(41)39-31-23-27(26-12-10-9-11-13-26)15-16-29(31)34(42)45-36(2,3)4/h9-17,22-23,28H,8,18-21,24H2,1-7H3,(H,38,43)(H,39,41). The number of piperidine rings is 1. The summed E-state index contributed by atoms with van der Waals surface area (Å²) < 4.78 is 16.9. The van der Waals surface area contributed by atoms with Gasteiger partial charge < -0.3 is 24.8 Å². The molecule has 3 aromatic carbocycles. The van der Waals surface area contributed by atoms with E-state index in [0.29, 0.717) is 30.2 Å². The first-order valence-electron chi connectivity index (χ1n) is 15.9. The Hall–Kier alpha value is -4.37. The van der Waals surface area contributed by atoms with Gasteiger partial charge in [0.05, 0.1) is 23.4 Å². The minimum absolute atomic E-state index is 0.0542. The van der Waals surface area contributed by atoms with Crippen molar-refractivity contribution in [2.45, 2.75) is 85.1 Å². The monoisotopic (exact) mass is 629 g/mol. The number of hydrogen-bond acceptors (Lipinski definition) is 7. The number of ether oxygens (including phenoxy) is 3. The molecule has 46 heavy (non-hydrogen) atoms. The van der Waals surface area contributed by atoms with Crippen molar-refractivity contribution >= 4 is 23.7 Å². The predicted octanol–water partition coefficient (Wildman–Crippen LogP) is 7.45. The van der Waals surface area contributed by atoms with Crippen molar-refractivity contribution in [3.05, 3.63) is 83.4 Å². The molecule has 2 N–H and O–H groups in total. The van der Waals surface area contributed by atoms with E-state index in [4.69, 9.17) is 14.2 Å². The number of benzene rings is 3. The smallest absolute Gasteiger partial charge is 0.407 e. The minimum atomic E-state index is -0.701. The Morgan fingerprint density at radius 2 is 1.48 bits per heavy atom. The summed E-state index contributed by atoms with van der Waals surface area (Å²) in [7, 11) is 0. The Morgan fingerprint density at radius 3 is 2.11 bits per heavy atom. The number of anilines is 1. The van der Waals surface area contributed by atoms with Crippen molar-refractivity contribution in [1.82, 2.24) is 10.2 Å². The third-order valence-corrected chi connectivity index (χ3v) is 7.30. The van der Waals surface area contributed by atoms with Gasteiger partial charge in [-0.1, -0.05) is 42.5 Å². The SMILES string of the molecule is CCOc1ccc(CN2CCC(NC(=O)OC(C)(C)C)CC2)cc1C(=O)Nc1cc(-c2ccccc2)ccc1C(=O)OC(C)(C)C. The van der Waals surface area contributed by atoms with Crippen LogP contribution in [0.2, 0.25) is 0 Å². The van der Waals surface area contributed by atoms with Crippen LogP contribution in [0.15, 0.2) is 66.7 Å². The van der Waals surface area contributed by atoms with E-state index in [1.807, 2.05) is 82.3 Å². The van der Waals surface area contributed by atoms with Gasteiger partial charge in [0.2, 0.25) is 0 Å². The van der Waals surface area contributed by atoms with Gasteiger partial charge in [-0.3, -0.25) is 9.69 Å². The molecule has 246 valence electrons. The van der Waals surface area contributed by atoms with Crippen molar-refractivity contribution in [2.75, 3.05) is 25.0 Å². The number of hydrogen-bond donors (Lipinski definition) is 2. The van der Waals surface area contributed by atoms with Gasteiger partial charge >= 0.3 is 12.1 Å². The van der Waals surface area contributed by atoms with Gasteiger partial charge in [-0.25, -0.2) is 9.59 Å². The molecule has 1 saturated heterocycles. The van der Waals surface area contributed by atoms with E-state index in [0.717, 1.165) is 42.6 Å².